The third-order valence-electron chi connectivity index (χ3n) is 4.89. The summed E-state index contributed by atoms with van der Waals surface area (Å²) in [5.41, 5.74) is 32.2. The molecule has 0 aromatic carbocycles. The van der Waals surface area contributed by atoms with Crippen LogP contribution in [-0.2, 0) is 19.2 Å². The fraction of sp³-hybridized carbons (Fsp3) is 0.700. The Balaban J connectivity index is 4.86. The summed E-state index contributed by atoms with van der Waals surface area (Å²) in [6.45, 7) is 0.494. The van der Waals surface area contributed by atoms with E-state index in [9.17, 15) is 24.3 Å². The molecule has 0 saturated heterocycles. The van der Waals surface area contributed by atoms with Crippen LogP contribution in [0.3, 0.4) is 0 Å². The number of carbonyl (C=O) groups excluding carboxylic acids is 3. The van der Waals surface area contributed by atoms with Gasteiger partial charge in [-0.3, -0.25) is 24.4 Å². The second kappa shape index (κ2) is 18.6. The van der Waals surface area contributed by atoms with Crippen LogP contribution in [0, 0.1) is 0 Å². The smallest absolute Gasteiger partial charge is 0.326 e. The number of nitrogens with two attached hydrogens (primary N) is 6. The zero-order valence-electron chi connectivity index (χ0n) is 20.4. The van der Waals surface area contributed by atoms with Gasteiger partial charge < -0.3 is 55.5 Å². The summed E-state index contributed by atoms with van der Waals surface area (Å²) < 4.78 is 0. The molecule has 0 heterocycles. The topological polar surface area (TPSA) is 305 Å². The van der Waals surface area contributed by atoms with Gasteiger partial charge in [0.25, 0.3) is 0 Å². The van der Waals surface area contributed by atoms with E-state index in [1.54, 1.807) is 0 Å². The molecule has 0 aliphatic rings. The van der Waals surface area contributed by atoms with Crippen LogP contribution >= 0.6 is 0 Å². The largest absolute Gasteiger partial charge is 0.480 e. The first-order valence-corrected chi connectivity index (χ1v) is 11.6. The maximum Gasteiger partial charge on any atom is 0.326 e. The highest BCUT2D eigenvalue weighted by Crippen LogP contribution is 2.04. The number of aliphatic imine (C=N–C) groups is 2. The van der Waals surface area contributed by atoms with Gasteiger partial charge in [0.05, 0.1) is 12.6 Å². The molecular formula is C20H41N11O5. The van der Waals surface area contributed by atoms with E-state index in [1.807, 2.05) is 0 Å². The Kier molecular flexibility index (Phi) is 16.7. The molecule has 0 fully saturated rings. The van der Waals surface area contributed by atoms with Crippen LogP contribution in [0.15, 0.2) is 9.98 Å². The lowest BCUT2D eigenvalue weighted by atomic mass is 10.1. The average Bonchev–Trinajstić information content (AvgIpc) is 2.80. The van der Waals surface area contributed by atoms with Crippen LogP contribution in [0.2, 0.25) is 0 Å². The Morgan fingerprint density at radius 3 is 1.83 bits per heavy atom. The normalized spacial score (nSPS) is 12.9. The number of guanidine groups is 2. The van der Waals surface area contributed by atoms with E-state index in [-0.39, 0.29) is 31.3 Å². The molecule has 16 N–H and O–H groups in total. The van der Waals surface area contributed by atoms with Crippen molar-refractivity contribution < 1.29 is 24.3 Å². The van der Waals surface area contributed by atoms with E-state index in [0.29, 0.717) is 45.2 Å². The average molecular weight is 516 g/mol. The van der Waals surface area contributed by atoms with Crippen LogP contribution in [0.4, 0.5) is 0 Å². The zero-order chi connectivity index (χ0) is 27.5. The van der Waals surface area contributed by atoms with E-state index in [4.69, 9.17) is 34.4 Å². The number of hydrogen-bond donors (Lipinski definition) is 10. The fourth-order valence-corrected chi connectivity index (χ4v) is 2.99. The lowest BCUT2D eigenvalue weighted by molar-refractivity contribution is -0.142. The van der Waals surface area contributed by atoms with Crippen LogP contribution in [0.5, 0.6) is 0 Å². The van der Waals surface area contributed by atoms with Crippen molar-refractivity contribution in [3.05, 3.63) is 0 Å². The van der Waals surface area contributed by atoms with Crippen LogP contribution in [0.1, 0.15) is 44.9 Å². The molecule has 0 aromatic rings. The molecule has 36 heavy (non-hydrogen) atoms. The maximum atomic E-state index is 12.7. The summed E-state index contributed by atoms with van der Waals surface area (Å²) in [6, 6.07) is -3.09. The Labute approximate surface area is 210 Å². The van der Waals surface area contributed by atoms with Crippen molar-refractivity contribution in [2.75, 3.05) is 26.2 Å². The van der Waals surface area contributed by atoms with Gasteiger partial charge in [0.1, 0.15) is 12.1 Å². The molecule has 0 radical (unpaired) electrons. The highest BCUT2D eigenvalue weighted by molar-refractivity contribution is 5.92. The molecule has 0 saturated carbocycles. The van der Waals surface area contributed by atoms with Gasteiger partial charge in [-0.25, -0.2) is 4.79 Å². The summed E-state index contributed by atoms with van der Waals surface area (Å²) in [6.07, 6.45) is 2.52. The predicted octanol–water partition coefficient (Wildman–Crippen LogP) is -4.28. The molecule has 0 bridgehead atoms. The number of aliphatic carboxylic acids is 1. The van der Waals surface area contributed by atoms with Gasteiger partial charge in [0, 0.05) is 13.1 Å². The maximum absolute atomic E-state index is 12.7. The fourth-order valence-electron chi connectivity index (χ4n) is 2.99. The van der Waals surface area contributed by atoms with Crippen LogP contribution < -0.4 is 50.4 Å². The van der Waals surface area contributed by atoms with E-state index < -0.39 is 48.4 Å². The summed E-state index contributed by atoms with van der Waals surface area (Å²) in [4.78, 5) is 56.3. The van der Waals surface area contributed by atoms with E-state index >= 15 is 0 Å². The minimum atomic E-state index is -1.24. The molecule has 0 rings (SSSR count). The van der Waals surface area contributed by atoms with Crippen molar-refractivity contribution in [2.45, 2.75) is 63.1 Å². The third kappa shape index (κ3) is 16.0. The summed E-state index contributed by atoms with van der Waals surface area (Å²) in [5.74, 6) is -3.27. The number of carboxylic acids is 1. The third-order valence-corrected chi connectivity index (χ3v) is 4.89. The van der Waals surface area contributed by atoms with Gasteiger partial charge >= 0.3 is 5.97 Å². The lowest BCUT2D eigenvalue weighted by Crippen LogP contribution is -2.53. The van der Waals surface area contributed by atoms with Crippen molar-refractivity contribution in [3.8, 4) is 0 Å². The highest BCUT2D eigenvalue weighted by atomic mass is 16.4. The molecule has 0 aliphatic carbocycles. The van der Waals surface area contributed by atoms with Gasteiger partial charge in [-0.15, -0.1) is 0 Å². The first-order chi connectivity index (χ1) is 17.0. The number of unbranched alkanes of at least 4 members (excludes halogenated alkanes) is 1. The monoisotopic (exact) mass is 515 g/mol. The second-order valence-corrected chi connectivity index (χ2v) is 8.03. The summed E-state index contributed by atoms with van der Waals surface area (Å²) in [5, 5.41) is 16.8. The predicted molar refractivity (Wildman–Crippen MR) is 135 cm³/mol. The number of carbonyl (C=O) groups is 4. The Morgan fingerprint density at radius 2 is 1.31 bits per heavy atom. The van der Waals surface area contributed by atoms with Gasteiger partial charge in [0.15, 0.2) is 11.9 Å². The zero-order valence-corrected chi connectivity index (χ0v) is 20.4. The molecule has 206 valence electrons. The molecular weight excluding hydrogens is 474 g/mol. The molecule has 0 aromatic heterocycles. The van der Waals surface area contributed by atoms with E-state index in [2.05, 4.69) is 25.9 Å². The quantitative estimate of drug-likeness (QED) is 0.0445. The molecule has 3 unspecified atom stereocenters. The number of carboxylic acid groups (broad SMARTS) is 1. The molecule has 16 nitrogen and oxygen atoms in total. The van der Waals surface area contributed by atoms with Gasteiger partial charge in [-0.05, 0) is 51.5 Å². The Hall–Kier alpha value is -3.66. The van der Waals surface area contributed by atoms with Gasteiger partial charge in [-0.1, -0.05) is 0 Å². The van der Waals surface area contributed by atoms with E-state index in [1.165, 1.54) is 0 Å². The molecule has 3 amide bonds. The molecule has 0 spiro atoms. The first-order valence-electron chi connectivity index (χ1n) is 11.6. The summed E-state index contributed by atoms with van der Waals surface area (Å²) >= 11 is 0. The molecule has 3 atom stereocenters. The van der Waals surface area contributed by atoms with Crippen LogP contribution in [0.25, 0.3) is 0 Å². The number of rotatable bonds is 19. The number of hydrogen-bond acceptors (Lipinski definition) is 8. The standard InChI is InChI=1S/C20H41N11O5/c21-8-2-1-6-13(17(34)31-14(18(35)36)7-4-10-28-20(25)26)30-15(32)11-29-16(33)12(22)5-3-9-27-19(23)24/h12-14H,1-11,21-22H2,(H,29,33)(H,30,32)(H,31,34)(H,35,36)(H4,23,24,27)(H4,25,26,28). The van der Waals surface area contributed by atoms with Gasteiger partial charge in [-0.2, -0.15) is 0 Å². The van der Waals surface area contributed by atoms with E-state index in [0.717, 1.165) is 0 Å². The lowest BCUT2D eigenvalue weighted by Gasteiger charge is -2.22. The Bertz CT molecular complexity index is 767. The second-order valence-electron chi connectivity index (χ2n) is 8.03. The van der Waals surface area contributed by atoms with Crippen molar-refractivity contribution >= 4 is 35.6 Å². The molecule has 0 aliphatic heterocycles. The van der Waals surface area contributed by atoms with Crippen molar-refractivity contribution in [1.82, 2.24) is 16.0 Å². The number of nitrogens with zero attached hydrogens (tertiary/aromatic N) is 2. The molecule has 16 heteroatoms. The minimum Gasteiger partial charge on any atom is -0.480 e. The SMILES string of the molecule is NCCCCC(NC(=O)CNC(=O)C(N)CCCN=C(N)N)C(=O)NC(CCCN=C(N)N)C(=O)O. The number of nitrogens with one attached hydrogen (secondary N) is 3. The van der Waals surface area contributed by atoms with Crippen molar-refractivity contribution in [1.29, 1.82) is 0 Å². The first kappa shape index (κ1) is 32.3. The van der Waals surface area contributed by atoms with Crippen LogP contribution in [-0.4, -0.2) is 85.0 Å². The number of amides is 3. The summed E-state index contributed by atoms with van der Waals surface area (Å²) in [7, 11) is 0. The Morgan fingerprint density at radius 1 is 0.750 bits per heavy atom. The van der Waals surface area contributed by atoms with Crippen molar-refractivity contribution in [2.24, 2.45) is 44.4 Å². The van der Waals surface area contributed by atoms with Gasteiger partial charge in [0.2, 0.25) is 17.7 Å². The highest BCUT2D eigenvalue weighted by Gasteiger charge is 2.26. The minimum absolute atomic E-state index is 0.0598. The van der Waals surface area contributed by atoms with Crippen molar-refractivity contribution in [3.63, 3.8) is 0 Å².